The van der Waals surface area contributed by atoms with Crippen LogP contribution in [0.5, 0.6) is 11.5 Å². The number of carbonyl (C=O) groups is 2. The molecule has 3 aromatic carbocycles. The van der Waals surface area contributed by atoms with Gasteiger partial charge in [0.05, 0.1) is 30.0 Å². The number of ketones is 1. The zero-order valence-corrected chi connectivity index (χ0v) is 20.8. The molecular formula is C28H24N2O5S. The fourth-order valence-corrected chi connectivity index (χ4v) is 5.54. The van der Waals surface area contributed by atoms with Crippen molar-refractivity contribution >= 4 is 44.1 Å². The second kappa shape index (κ2) is 9.47. The first-order valence-electron chi connectivity index (χ1n) is 11.4. The first kappa shape index (κ1) is 23.6. The van der Waals surface area contributed by atoms with E-state index in [4.69, 9.17) is 14.5 Å². The van der Waals surface area contributed by atoms with E-state index in [-0.39, 0.29) is 11.3 Å². The molecule has 1 fully saturated rings. The molecule has 1 aliphatic rings. The Kier molecular flexibility index (Phi) is 6.20. The molecule has 0 spiro atoms. The number of nitrogens with zero attached hydrogens (tertiary/aromatic N) is 2. The van der Waals surface area contributed by atoms with Gasteiger partial charge in [-0.25, -0.2) is 4.98 Å². The summed E-state index contributed by atoms with van der Waals surface area (Å²) in [5.74, 6) is -1.01. The SMILES string of the molecule is CCc1ccc2nc(N3C(=O)C(=O)C(=C(O)c4ccccc4)[C@H]3c3cccc(OC)c3OC)sc2c1. The molecule has 1 aromatic heterocycles. The van der Waals surface area contributed by atoms with Crippen LogP contribution in [0.3, 0.4) is 0 Å². The van der Waals surface area contributed by atoms with Crippen LogP contribution in [0.25, 0.3) is 16.0 Å². The van der Waals surface area contributed by atoms with Crippen molar-refractivity contribution in [2.45, 2.75) is 19.4 Å². The molecule has 0 aliphatic carbocycles. The molecule has 36 heavy (non-hydrogen) atoms. The van der Waals surface area contributed by atoms with Gasteiger partial charge in [-0.15, -0.1) is 0 Å². The van der Waals surface area contributed by atoms with Gasteiger partial charge < -0.3 is 14.6 Å². The van der Waals surface area contributed by atoms with Gasteiger partial charge in [-0.05, 0) is 30.2 Å². The number of rotatable bonds is 6. The van der Waals surface area contributed by atoms with Crippen LogP contribution >= 0.6 is 11.3 Å². The van der Waals surface area contributed by atoms with E-state index < -0.39 is 17.7 Å². The number of carbonyl (C=O) groups excluding carboxylic acids is 2. The Morgan fingerprint density at radius 2 is 1.81 bits per heavy atom. The standard InChI is InChI=1S/C28H24N2O5S/c1-4-16-13-14-19-21(15-16)36-28(29-19)30-23(18-11-8-12-20(34-2)26(18)35-3)22(25(32)27(30)33)24(31)17-9-6-5-7-10-17/h5-15,23,31H,4H2,1-3H3/t23-/m1/s1. The summed E-state index contributed by atoms with van der Waals surface area (Å²) in [6, 6.07) is 18.9. The maximum absolute atomic E-state index is 13.5. The normalized spacial score (nSPS) is 17.1. The Morgan fingerprint density at radius 1 is 1.03 bits per heavy atom. The minimum Gasteiger partial charge on any atom is -0.507 e. The number of aliphatic hydroxyl groups is 1. The summed E-state index contributed by atoms with van der Waals surface area (Å²) in [6.07, 6.45) is 0.867. The second-order valence-electron chi connectivity index (χ2n) is 8.27. The molecule has 0 unspecified atom stereocenters. The third-order valence-corrected chi connectivity index (χ3v) is 7.29. The molecular weight excluding hydrogens is 476 g/mol. The molecule has 1 amide bonds. The Bertz CT molecular complexity index is 1510. The minimum atomic E-state index is -0.971. The smallest absolute Gasteiger partial charge is 0.301 e. The number of para-hydroxylation sites is 1. The van der Waals surface area contributed by atoms with Crippen LogP contribution in [0.15, 0.2) is 72.3 Å². The van der Waals surface area contributed by atoms with Gasteiger partial charge in [-0.3, -0.25) is 14.5 Å². The van der Waals surface area contributed by atoms with Crippen LogP contribution in [-0.2, 0) is 16.0 Å². The van der Waals surface area contributed by atoms with Crippen molar-refractivity contribution in [3.8, 4) is 11.5 Å². The fraction of sp³-hybridized carbons (Fsp3) is 0.179. The van der Waals surface area contributed by atoms with Crippen molar-refractivity contribution in [2.24, 2.45) is 0 Å². The van der Waals surface area contributed by atoms with Crippen LogP contribution in [0.2, 0.25) is 0 Å². The summed E-state index contributed by atoms with van der Waals surface area (Å²) < 4.78 is 12.1. The highest BCUT2D eigenvalue weighted by Gasteiger charge is 2.49. The molecule has 7 nitrogen and oxygen atoms in total. The lowest BCUT2D eigenvalue weighted by Crippen LogP contribution is -2.29. The van der Waals surface area contributed by atoms with E-state index in [1.54, 1.807) is 42.5 Å². The Morgan fingerprint density at radius 3 is 2.50 bits per heavy atom. The van der Waals surface area contributed by atoms with Gasteiger partial charge in [0, 0.05) is 11.1 Å². The number of fused-ring (bicyclic) bond motifs is 1. The summed E-state index contributed by atoms with van der Waals surface area (Å²) in [4.78, 5) is 33.0. The van der Waals surface area contributed by atoms with E-state index in [2.05, 4.69) is 6.92 Å². The number of hydrogen-bond acceptors (Lipinski definition) is 7. The van der Waals surface area contributed by atoms with Gasteiger partial charge in [0.25, 0.3) is 5.78 Å². The number of aliphatic hydroxyl groups excluding tert-OH is 1. The van der Waals surface area contributed by atoms with E-state index in [1.165, 1.54) is 30.5 Å². The predicted octanol–water partition coefficient (Wildman–Crippen LogP) is 5.50. The number of ether oxygens (including phenoxy) is 2. The van der Waals surface area contributed by atoms with E-state index in [0.717, 1.165) is 22.2 Å². The van der Waals surface area contributed by atoms with Crippen LogP contribution in [0, 0.1) is 0 Å². The van der Waals surface area contributed by atoms with Crippen molar-refractivity contribution < 1.29 is 24.2 Å². The molecule has 5 rings (SSSR count). The van der Waals surface area contributed by atoms with E-state index >= 15 is 0 Å². The third-order valence-electron chi connectivity index (χ3n) is 6.28. The molecule has 4 aromatic rings. The number of hydrogen-bond donors (Lipinski definition) is 1. The van der Waals surface area contributed by atoms with E-state index in [1.807, 2.05) is 24.3 Å². The summed E-state index contributed by atoms with van der Waals surface area (Å²) in [5.41, 5.74) is 2.77. The number of benzene rings is 3. The average molecular weight is 501 g/mol. The Balaban J connectivity index is 1.78. The number of amides is 1. The maximum Gasteiger partial charge on any atom is 0.301 e. The highest BCUT2D eigenvalue weighted by Crippen LogP contribution is 2.48. The zero-order valence-electron chi connectivity index (χ0n) is 20.0. The van der Waals surface area contributed by atoms with Crippen LogP contribution < -0.4 is 14.4 Å². The van der Waals surface area contributed by atoms with Crippen molar-refractivity contribution in [3.05, 3.63) is 89.0 Å². The maximum atomic E-state index is 13.5. The van der Waals surface area contributed by atoms with Gasteiger partial charge in [0.1, 0.15) is 11.8 Å². The lowest BCUT2D eigenvalue weighted by Gasteiger charge is -2.25. The van der Waals surface area contributed by atoms with Crippen molar-refractivity contribution in [3.63, 3.8) is 0 Å². The molecule has 182 valence electrons. The molecule has 1 saturated heterocycles. The second-order valence-corrected chi connectivity index (χ2v) is 9.28. The van der Waals surface area contributed by atoms with Gasteiger partial charge in [0.2, 0.25) is 0 Å². The molecule has 1 N–H and O–H groups in total. The number of methoxy groups -OCH3 is 2. The summed E-state index contributed by atoms with van der Waals surface area (Å²) in [7, 11) is 3.01. The lowest BCUT2D eigenvalue weighted by atomic mass is 9.94. The van der Waals surface area contributed by atoms with Crippen molar-refractivity contribution in [2.75, 3.05) is 19.1 Å². The largest absolute Gasteiger partial charge is 0.507 e. The van der Waals surface area contributed by atoms with Gasteiger partial charge >= 0.3 is 5.91 Å². The highest BCUT2D eigenvalue weighted by molar-refractivity contribution is 7.22. The number of aryl methyl sites for hydroxylation is 1. The van der Waals surface area contributed by atoms with Gasteiger partial charge in [-0.1, -0.05) is 66.8 Å². The Labute approximate surface area is 212 Å². The van der Waals surface area contributed by atoms with Gasteiger partial charge in [-0.2, -0.15) is 0 Å². The summed E-state index contributed by atoms with van der Waals surface area (Å²) in [5, 5.41) is 11.7. The molecule has 8 heteroatoms. The molecule has 0 bridgehead atoms. The first-order chi connectivity index (χ1) is 17.5. The number of Topliss-reactive ketones (excluding diaryl/α,β-unsaturated/α-hetero) is 1. The van der Waals surface area contributed by atoms with E-state index in [0.29, 0.717) is 27.8 Å². The molecule has 1 aliphatic heterocycles. The first-order valence-corrected chi connectivity index (χ1v) is 12.3. The highest BCUT2D eigenvalue weighted by atomic mass is 32.1. The van der Waals surface area contributed by atoms with Crippen LogP contribution in [0.4, 0.5) is 5.13 Å². The molecule has 0 saturated carbocycles. The lowest BCUT2D eigenvalue weighted by molar-refractivity contribution is -0.132. The molecule has 2 heterocycles. The summed E-state index contributed by atoms with van der Waals surface area (Å²) in [6.45, 7) is 2.07. The molecule has 1 atom stereocenters. The van der Waals surface area contributed by atoms with Crippen molar-refractivity contribution in [1.29, 1.82) is 0 Å². The number of anilines is 1. The monoisotopic (exact) mass is 500 g/mol. The number of thiazole rings is 1. The van der Waals surface area contributed by atoms with Crippen molar-refractivity contribution in [1.82, 2.24) is 4.98 Å². The third kappa shape index (κ3) is 3.79. The van der Waals surface area contributed by atoms with Crippen LogP contribution in [-0.4, -0.2) is 36.0 Å². The number of aromatic nitrogens is 1. The fourth-order valence-electron chi connectivity index (χ4n) is 4.48. The quantitative estimate of drug-likeness (QED) is 0.214. The average Bonchev–Trinajstić information content (AvgIpc) is 3.45. The van der Waals surface area contributed by atoms with Crippen LogP contribution in [0.1, 0.15) is 29.7 Å². The van der Waals surface area contributed by atoms with E-state index in [9.17, 15) is 14.7 Å². The predicted molar refractivity (Wildman–Crippen MR) is 140 cm³/mol. The van der Waals surface area contributed by atoms with Gasteiger partial charge in [0.15, 0.2) is 16.6 Å². The molecule has 0 radical (unpaired) electrons. The minimum absolute atomic E-state index is 0.0359. The summed E-state index contributed by atoms with van der Waals surface area (Å²) >= 11 is 1.33. The topological polar surface area (TPSA) is 89.0 Å². The zero-order chi connectivity index (χ0) is 25.4. The Hall–Kier alpha value is -4.17.